The molecule has 0 aliphatic heterocycles. The van der Waals surface area contributed by atoms with Crippen LogP contribution in [0.15, 0.2) is 51.6 Å². The van der Waals surface area contributed by atoms with Crippen LogP contribution in [-0.4, -0.2) is 17.5 Å². The van der Waals surface area contributed by atoms with Crippen LogP contribution in [0.2, 0.25) is 0 Å². The Hall–Kier alpha value is -2.64. The lowest BCUT2D eigenvalue weighted by Crippen LogP contribution is -2.27. The summed E-state index contributed by atoms with van der Waals surface area (Å²) < 4.78 is 11.6. The van der Waals surface area contributed by atoms with Crippen LogP contribution in [0, 0.1) is 0 Å². The molecule has 4 rings (SSSR count). The van der Waals surface area contributed by atoms with E-state index in [1.54, 1.807) is 22.7 Å². The fourth-order valence-corrected chi connectivity index (χ4v) is 4.60. The van der Waals surface area contributed by atoms with Gasteiger partial charge in [0.15, 0.2) is 11.3 Å². The molecule has 5 nitrogen and oxygen atoms in total. The number of hydrogen-bond acceptors (Lipinski definition) is 6. The SMILES string of the molecule is CCOc1cccc2cc(C(C)NC(=O)Cc3csc(-c4cccs4)n3)oc12. The molecule has 0 aliphatic carbocycles. The highest BCUT2D eigenvalue weighted by Crippen LogP contribution is 2.31. The van der Waals surface area contributed by atoms with Crippen LogP contribution >= 0.6 is 22.7 Å². The van der Waals surface area contributed by atoms with Gasteiger partial charge in [-0.1, -0.05) is 18.2 Å². The summed E-state index contributed by atoms with van der Waals surface area (Å²) >= 11 is 3.21. The maximum absolute atomic E-state index is 12.5. The molecule has 7 heteroatoms. The number of thiazole rings is 1. The first-order valence-electron chi connectivity index (χ1n) is 9.07. The summed E-state index contributed by atoms with van der Waals surface area (Å²) in [6.45, 7) is 4.42. The van der Waals surface area contributed by atoms with Crippen LogP contribution in [0.4, 0.5) is 0 Å². The quantitative estimate of drug-likeness (QED) is 0.439. The number of rotatable bonds is 7. The number of benzene rings is 1. The fraction of sp³-hybridized carbons (Fsp3) is 0.238. The van der Waals surface area contributed by atoms with Crippen molar-refractivity contribution in [1.29, 1.82) is 0 Å². The zero-order valence-corrected chi connectivity index (χ0v) is 17.2. The summed E-state index contributed by atoms with van der Waals surface area (Å²) in [4.78, 5) is 18.2. The molecule has 0 saturated carbocycles. The van der Waals surface area contributed by atoms with Crippen LogP contribution in [0.5, 0.6) is 5.75 Å². The molecule has 1 unspecified atom stereocenters. The van der Waals surface area contributed by atoms with Gasteiger partial charge in [0, 0.05) is 10.8 Å². The molecular formula is C21H20N2O3S2. The van der Waals surface area contributed by atoms with Crippen LogP contribution in [0.3, 0.4) is 0 Å². The second-order valence-corrected chi connectivity index (χ2v) is 8.15. The summed E-state index contributed by atoms with van der Waals surface area (Å²) in [6.07, 6.45) is 0.247. The average Bonchev–Trinajstić information content (AvgIpc) is 3.42. The Labute approximate surface area is 171 Å². The van der Waals surface area contributed by atoms with Gasteiger partial charge in [-0.25, -0.2) is 4.98 Å². The third-order valence-electron chi connectivity index (χ3n) is 4.26. The van der Waals surface area contributed by atoms with Crippen LogP contribution in [0.1, 0.15) is 31.3 Å². The van der Waals surface area contributed by atoms with Crippen molar-refractivity contribution in [2.75, 3.05) is 6.61 Å². The van der Waals surface area contributed by atoms with E-state index in [4.69, 9.17) is 9.15 Å². The van der Waals surface area contributed by atoms with Gasteiger partial charge in [0.05, 0.1) is 29.6 Å². The molecule has 3 heterocycles. The number of carbonyl (C=O) groups excluding carboxylic acids is 1. The van der Waals surface area contributed by atoms with Crippen LogP contribution < -0.4 is 10.1 Å². The zero-order chi connectivity index (χ0) is 19.5. The Morgan fingerprint density at radius 1 is 1.29 bits per heavy atom. The second-order valence-electron chi connectivity index (χ2n) is 6.34. The number of thiophene rings is 1. The molecule has 144 valence electrons. The highest BCUT2D eigenvalue weighted by atomic mass is 32.1. The highest BCUT2D eigenvalue weighted by Gasteiger charge is 2.17. The van der Waals surface area contributed by atoms with Crippen molar-refractivity contribution < 1.29 is 13.9 Å². The molecule has 0 fully saturated rings. The first-order valence-corrected chi connectivity index (χ1v) is 10.8. The van der Waals surface area contributed by atoms with E-state index >= 15 is 0 Å². The van der Waals surface area contributed by atoms with Gasteiger partial charge in [0.2, 0.25) is 5.91 Å². The van der Waals surface area contributed by atoms with Crippen LogP contribution in [0.25, 0.3) is 20.9 Å². The summed E-state index contributed by atoms with van der Waals surface area (Å²) in [6, 6.07) is 11.5. The molecule has 0 radical (unpaired) electrons. The topological polar surface area (TPSA) is 64.4 Å². The standard InChI is InChI=1S/C21H20N2O3S2/c1-3-25-16-7-4-6-14-10-17(26-20(14)16)13(2)22-19(24)11-15-12-28-21(23-15)18-8-5-9-27-18/h4-10,12-13H,3,11H2,1-2H3,(H,22,24). The number of aromatic nitrogens is 1. The normalized spacial score (nSPS) is 12.2. The molecule has 0 bridgehead atoms. The van der Waals surface area contributed by atoms with Crippen molar-refractivity contribution >= 4 is 39.5 Å². The minimum Gasteiger partial charge on any atom is -0.490 e. The average molecular weight is 413 g/mol. The first-order chi connectivity index (χ1) is 13.6. The summed E-state index contributed by atoms with van der Waals surface area (Å²) in [5.41, 5.74) is 1.49. The molecule has 4 aromatic rings. The number of furan rings is 1. The molecule has 0 spiro atoms. The zero-order valence-electron chi connectivity index (χ0n) is 15.6. The van der Waals surface area contributed by atoms with Gasteiger partial charge < -0.3 is 14.5 Å². The number of para-hydroxylation sites is 1. The largest absolute Gasteiger partial charge is 0.490 e. The van der Waals surface area contributed by atoms with Crippen LogP contribution in [-0.2, 0) is 11.2 Å². The Balaban J connectivity index is 1.43. The minimum absolute atomic E-state index is 0.0824. The molecule has 1 amide bonds. The maximum atomic E-state index is 12.5. The van der Waals surface area contributed by atoms with Crippen molar-refractivity contribution in [1.82, 2.24) is 10.3 Å². The Morgan fingerprint density at radius 2 is 2.18 bits per heavy atom. The molecule has 28 heavy (non-hydrogen) atoms. The lowest BCUT2D eigenvalue weighted by atomic mass is 10.2. The van der Waals surface area contributed by atoms with Gasteiger partial charge in [-0.15, -0.1) is 22.7 Å². The van der Waals surface area contributed by atoms with E-state index in [1.165, 1.54) is 0 Å². The van der Waals surface area contributed by atoms with E-state index in [9.17, 15) is 4.79 Å². The maximum Gasteiger partial charge on any atom is 0.226 e. The molecule has 1 atom stereocenters. The molecule has 3 aromatic heterocycles. The predicted octanol–water partition coefficient (Wildman–Crippen LogP) is 5.44. The first kappa shape index (κ1) is 18.7. The molecular weight excluding hydrogens is 392 g/mol. The minimum atomic E-state index is -0.246. The molecule has 1 N–H and O–H groups in total. The van der Waals surface area contributed by atoms with Gasteiger partial charge >= 0.3 is 0 Å². The third kappa shape index (κ3) is 3.95. The Morgan fingerprint density at radius 3 is 2.96 bits per heavy atom. The number of fused-ring (bicyclic) bond motifs is 1. The lowest BCUT2D eigenvalue weighted by Gasteiger charge is -2.10. The number of hydrogen-bond donors (Lipinski definition) is 1. The van der Waals surface area contributed by atoms with Gasteiger partial charge in [0.1, 0.15) is 10.8 Å². The van der Waals surface area contributed by atoms with Crippen molar-refractivity contribution in [3.63, 3.8) is 0 Å². The molecule has 0 aliphatic rings. The van der Waals surface area contributed by atoms with E-state index in [0.717, 1.165) is 21.0 Å². The monoisotopic (exact) mass is 412 g/mol. The number of carbonyl (C=O) groups is 1. The van der Waals surface area contributed by atoms with Gasteiger partial charge in [-0.2, -0.15) is 0 Å². The van der Waals surface area contributed by atoms with Gasteiger partial charge in [0.25, 0.3) is 0 Å². The van der Waals surface area contributed by atoms with Gasteiger partial charge in [-0.3, -0.25) is 4.79 Å². The second kappa shape index (κ2) is 8.16. The molecule has 0 saturated heterocycles. The van der Waals surface area contributed by atoms with Crippen molar-refractivity contribution in [2.45, 2.75) is 26.3 Å². The van der Waals surface area contributed by atoms with E-state index in [2.05, 4.69) is 10.3 Å². The number of nitrogens with one attached hydrogen (secondary N) is 1. The lowest BCUT2D eigenvalue weighted by molar-refractivity contribution is -0.121. The van der Waals surface area contributed by atoms with Crippen molar-refractivity contribution in [2.24, 2.45) is 0 Å². The van der Waals surface area contributed by atoms with Crippen molar-refractivity contribution in [3.05, 3.63) is 58.6 Å². The Kier molecular flexibility index (Phi) is 5.45. The summed E-state index contributed by atoms with van der Waals surface area (Å²) in [5.74, 6) is 1.34. The number of amides is 1. The highest BCUT2D eigenvalue weighted by molar-refractivity contribution is 7.20. The van der Waals surface area contributed by atoms with E-state index < -0.39 is 0 Å². The number of nitrogens with zero attached hydrogens (tertiary/aromatic N) is 1. The summed E-state index contributed by atoms with van der Waals surface area (Å²) in [5, 5.41) is 8.87. The predicted molar refractivity (Wildman–Crippen MR) is 113 cm³/mol. The van der Waals surface area contributed by atoms with E-state index in [0.29, 0.717) is 23.7 Å². The fourth-order valence-electron chi connectivity index (χ4n) is 2.97. The van der Waals surface area contributed by atoms with Crippen molar-refractivity contribution in [3.8, 4) is 15.6 Å². The van der Waals surface area contributed by atoms with E-state index in [-0.39, 0.29) is 18.4 Å². The van der Waals surface area contributed by atoms with E-state index in [1.807, 2.05) is 61.0 Å². The number of ether oxygens (including phenoxy) is 1. The Bertz CT molecular complexity index is 1080. The summed E-state index contributed by atoms with van der Waals surface area (Å²) in [7, 11) is 0. The third-order valence-corrected chi connectivity index (χ3v) is 6.19. The smallest absolute Gasteiger partial charge is 0.226 e. The van der Waals surface area contributed by atoms with Gasteiger partial charge in [-0.05, 0) is 37.4 Å². The molecule has 1 aromatic carbocycles.